The summed E-state index contributed by atoms with van der Waals surface area (Å²) in [6, 6.07) is 14.5. The number of nitro groups is 1. The van der Waals surface area contributed by atoms with E-state index in [1.807, 2.05) is 30.3 Å². The van der Waals surface area contributed by atoms with Crippen LogP contribution in [0.15, 0.2) is 59.5 Å². The minimum Gasteiger partial charge on any atom is -0.315 e. The summed E-state index contributed by atoms with van der Waals surface area (Å²) in [5.41, 5.74) is 0.959. The molecular weight excluding hydrogens is 342 g/mol. The molecule has 25 heavy (non-hydrogen) atoms. The standard InChI is InChI=1S/C17H19N3O4S/c21-20(22)14-6-8-15(9-7-14)25(23,24)19-17-12-18-11-10-16(17)13-4-2-1-3-5-13/h1-9,16-19H,10-12H2. The highest BCUT2D eigenvalue weighted by molar-refractivity contribution is 7.89. The number of non-ortho nitro benzene ring substituents is 1. The van der Waals surface area contributed by atoms with Gasteiger partial charge in [-0.3, -0.25) is 10.1 Å². The molecule has 1 fully saturated rings. The van der Waals surface area contributed by atoms with Crippen LogP contribution in [0.2, 0.25) is 0 Å². The number of nitrogens with one attached hydrogen (secondary N) is 2. The Balaban J connectivity index is 1.81. The van der Waals surface area contributed by atoms with Crippen LogP contribution in [0.4, 0.5) is 5.69 Å². The molecule has 1 saturated heterocycles. The number of benzene rings is 2. The molecule has 2 aromatic carbocycles. The van der Waals surface area contributed by atoms with Crippen LogP contribution in [-0.4, -0.2) is 32.5 Å². The number of rotatable bonds is 5. The monoisotopic (exact) mass is 361 g/mol. The Kier molecular flexibility index (Phi) is 5.12. The van der Waals surface area contributed by atoms with Crippen LogP contribution in [0.5, 0.6) is 0 Å². The van der Waals surface area contributed by atoms with Crippen molar-refractivity contribution in [3.63, 3.8) is 0 Å². The second-order valence-corrected chi connectivity index (χ2v) is 7.70. The van der Waals surface area contributed by atoms with Crippen LogP contribution in [0.25, 0.3) is 0 Å². The van der Waals surface area contributed by atoms with Crippen LogP contribution in [0, 0.1) is 10.1 Å². The van der Waals surface area contributed by atoms with E-state index in [4.69, 9.17) is 0 Å². The molecule has 2 unspecified atom stereocenters. The zero-order chi connectivity index (χ0) is 17.9. The molecule has 132 valence electrons. The zero-order valence-electron chi connectivity index (χ0n) is 13.5. The highest BCUT2D eigenvalue weighted by Gasteiger charge is 2.30. The van der Waals surface area contributed by atoms with Crippen LogP contribution >= 0.6 is 0 Å². The van der Waals surface area contributed by atoms with E-state index in [0.29, 0.717) is 6.54 Å². The van der Waals surface area contributed by atoms with Crippen molar-refractivity contribution in [2.24, 2.45) is 0 Å². The Hall–Kier alpha value is -2.29. The molecule has 8 heteroatoms. The second-order valence-electron chi connectivity index (χ2n) is 5.99. The molecule has 1 aliphatic heterocycles. The number of nitrogens with zero attached hydrogens (tertiary/aromatic N) is 1. The molecule has 0 aliphatic carbocycles. The molecule has 0 bridgehead atoms. The minimum absolute atomic E-state index is 0.0236. The van der Waals surface area contributed by atoms with Crippen molar-refractivity contribution in [1.82, 2.24) is 10.0 Å². The van der Waals surface area contributed by atoms with Gasteiger partial charge in [0.15, 0.2) is 0 Å². The predicted octanol–water partition coefficient (Wildman–Crippen LogP) is 2.02. The van der Waals surface area contributed by atoms with Gasteiger partial charge >= 0.3 is 0 Å². The smallest absolute Gasteiger partial charge is 0.269 e. The fourth-order valence-electron chi connectivity index (χ4n) is 3.10. The van der Waals surface area contributed by atoms with Gasteiger partial charge < -0.3 is 5.32 Å². The van der Waals surface area contributed by atoms with Crippen molar-refractivity contribution >= 4 is 15.7 Å². The lowest BCUT2D eigenvalue weighted by molar-refractivity contribution is -0.384. The van der Waals surface area contributed by atoms with E-state index >= 15 is 0 Å². The number of nitro benzene ring substituents is 1. The molecule has 0 radical (unpaired) electrons. The molecule has 7 nitrogen and oxygen atoms in total. The van der Waals surface area contributed by atoms with E-state index in [0.717, 1.165) is 18.5 Å². The first kappa shape index (κ1) is 17.5. The van der Waals surface area contributed by atoms with E-state index < -0.39 is 14.9 Å². The zero-order valence-corrected chi connectivity index (χ0v) is 14.3. The largest absolute Gasteiger partial charge is 0.315 e. The predicted molar refractivity (Wildman–Crippen MR) is 93.9 cm³/mol. The normalized spacial score (nSPS) is 21.0. The van der Waals surface area contributed by atoms with E-state index in [-0.39, 0.29) is 22.5 Å². The fourth-order valence-corrected chi connectivity index (χ4v) is 4.37. The summed E-state index contributed by atoms with van der Waals surface area (Å²) in [5.74, 6) is 0.0790. The van der Waals surface area contributed by atoms with Gasteiger partial charge in [0.2, 0.25) is 10.0 Å². The number of sulfonamides is 1. The van der Waals surface area contributed by atoms with Crippen molar-refractivity contribution in [3.05, 3.63) is 70.3 Å². The van der Waals surface area contributed by atoms with Crippen molar-refractivity contribution in [1.29, 1.82) is 0 Å². The highest BCUT2D eigenvalue weighted by atomic mass is 32.2. The molecule has 0 saturated carbocycles. The molecule has 0 spiro atoms. The second kappa shape index (κ2) is 7.30. The summed E-state index contributed by atoms with van der Waals surface area (Å²) < 4.78 is 28.0. The number of hydrogen-bond acceptors (Lipinski definition) is 5. The van der Waals surface area contributed by atoms with E-state index in [9.17, 15) is 18.5 Å². The fraction of sp³-hybridized carbons (Fsp3) is 0.294. The third-order valence-corrected chi connectivity index (χ3v) is 5.88. The molecular formula is C17H19N3O4S. The number of hydrogen-bond donors (Lipinski definition) is 2. The maximum Gasteiger partial charge on any atom is 0.269 e. The van der Waals surface area contributed by atoms with Gasteiger partial charge in [-0.1, -0.05) is 30.3 Å². The molecule has 1 aliphatic rings. The Morgan fingerprint density at radius 2 is 1.76 bits per heavy atom. The minimum atomic E-state index is -3.76. The summed E-state index contributed by atoms with van der Waals surface area (Å²) in [6.07, 6.45) is 0.831. The average molecular weight is 361 g/mol. The SMILES string of the molecule is O=[N+]([O-])c1ccc(S(=O)(=O)NC2CNCCC2c2ccccc2)cc1. The maximum absolute atomic E-state index is 12.6. The molecule has 0 aromatic heterocycles. The Bertz CT molecular complexity index is 838. The summed E-state index contributed by atoms with van der Waals surface area (Å²) in [6.45, 7) is 1.36. The van der Waals surface area contributed by atoms with Crippen molar-refractivity contribution < 1.29 is 13.3 Å². The molecule has 1 heterocycles. The molecule has 0 amide bonds. The van der Waals surface area contributed by atoms with Crippen LogP contribution in [0.3, 0.4) is 0 Å². The highest BCUT2D eigenvalue weighted by Crippen LogP contribution is 2.27. The Morgan fingerprint density at radius 1 is 1.08 bits per heavy atom. The van der Waals surface area contributed by atoms with Gasteiger partial charge in [-0.2, -0.15) is 0 Å². The first-order valence-corrected chi connectivity index (χ1v) is 9.48. The lowest BCUT2D eigenvalue weighted by atomic mass is 9.87. The molecule has 2 aromatic rings. The molecule has 2 N–H and O–H groups in total. The van der Waals surface area contributed by atoms with Gasteiger partial charge in [0, 0.05) is 30.6 Å². The quantitative estimate of drug-likeness (QED) is 0.627. The van der Waals surface area contributed by atoms with E-state index in [1.165, 1.54) is 24.3 Å². The molecule has 3 rings (SSSR count). The van der Waals surface area contributed by atoms with Crippen LogP contribution in [-0.2, 0) is 10.0 Å². The third kappa shape index (κ3) is 4.04. The van der Waals surface area contributed by atoms with E-state index in [1.54, 1.807) is 0 Å². The van der Waals surface area contributed by atoms with Crippen LogP contribution in [0.1, 0.15) is 17.9 Å². The maximum atomic E-state index is 12.6. The topological polar surface area (TPSA) is 101 Å². The third-order valence-electron chi connectivity index (χ3n) is 4.37. The van der Waals surface area contributed by atoms with Crippen LogP contribution < -0.4 is 10.0 Å². The number of piperidine rings is 1. The van der Waals surface area contributed by atoms with Crippen molar-refractivity contribution in [2.75, 3.05) is 13.1 Å². The summed E-state index contributed by atoms with van der Waals surface area (Å²) in [4.78, 5) is 10.2. The lowest BCUT2D eigenvalue weighted by Gasteiger charge is -2.33. The van der Waals surface area contributed by atoms with Gasteiger partial charge in [0.1, 0.15) is 0 Å². The van der Waals surface area contributed by atoms with Gasteiger partial charge in [0.25, 0.3) is 5.69 Å². The molecule has 2 atom stereocenters. The van der Waals surface area contributed by atoms with Gasteiger partial charge in [0.05, 0.1) is 9.82 Å². The van der Waals surface area contributed by atoms with Crippen molar-refractivity contribution in [3.8, 4) is 0 Å². The summed E-state index contributed by atoms with van der Waals surface area (Å²) in [5, 5.41) is 13.9. The Morgan fingerprint density at radius 3 is 2.40 bits per heavy atom. The average Bonchev–Trinajstić information content (AvgIpc) is 2.63. The Labute approximate surface area is 146 Å². The van der Waals surface area contributed by atoms with Gasteiger partial charge in [-0.15, -0.1) is 0 Å². The van der Waals surface area contributed by atoms with Crippen molar-refractivity contribution in [2.45, 2.75) is 23.3 Å². The summed E-state index contributed by atoms with van der Waals surface area (Å²) >= 11 is 0. The first-order chi connectivity index (χ1) is 12.0. The summed E-state index contributed by atoms with van der Waals surface area (Å²) in [7, 11) is -3.76. The van der Waals surface area contributed by atoms with Gasteiger partial charge in [-0.05, 0) is 30.7 Å². The lowest BCUT2D eigenvalue weighted by Crippen LogP contribution is -2.49. The van der Waals surface area contributed by atoms with Gasteiger partial charge in [-0.25, -0.2) is 13.1 Å². The first-order valence-electron chi connectivity index (χ1n) is 8.00. The van der Waals surface area contributed by atoms with E-state index in [2.05, 4.69) is 10.0 Å².